The predicted octanol–water partition coefficient (Wildman–Crippen LogP) is 8.97. The lowest BCUT2D eigenvalue weighted by molar-refractivity contribution is 0.170. The van der Waals surface area contributed by atoms with Gasteiger partial charge in [-0.15, -0.1) is 0 Å². The van der Waals surface area contributed by atoms with Crippen molar-refractivity contribution < 1.29 is 13.5 Å². The van der Waals surface area contributed by atoms with E-state index in [1.165, 1.54) is 44.9 Å². The van der Waals surface area contributed by atoms with Crippen LogP contribution in [0.15, 0.2) is 24.3 Å². The Morgan fingerprint density at radius 2 is 1.48 bits per heavy atom. The van der Waals surface area contributed by atoms with E-state index in [4.69, 9.17) is 4.74 Å². The molecule has 0 atom stereocenters. The highest BCUT2D eigenvalue weighted by Crippen LogP contribution is 2.45. The van der Waals surface area contributed by atoms with Crippen LogP contribution in [0.4, 0.5) is 8.78 Å². The number of unbranched alkanes of at least 4 members (excludes halogenated alkanes) is 4. The largest absolute Gasteiger partial charge is 0.490 e. The summed E-state index contributed by atoms with van der Waals surface area (Å²) in [6.07, 6.45) is 19.7. The van der Waals surface area contributed by atoms with Crippen molar-refractivity contribution in [1.29, 1.82) is 0 Å². The van der Waals surface area contributed by atoms with Crippen LogP contribution in [0.25, 0.3) is 0 Å². The fourth-order valence-corrected chi connectivity index (χ4v) is 5.84. The lowest BCUT2D eigenvalue weighted by Gasteiger charge is -2.37. The van der Waals surface area contributed by atoms with Crippen LogP contribution >= 0.6 is 0 Å². The third-order valence-corrected chi connectivity index (χ3v) is 7.74. The molecule has 0 spiro atoms. The summed E-state index contributed by atoms with van der Waals surface area (Å²) in [7, 11) is 0. The third-order valence-electron chi connectivity index (χ3n) is 7.74. The van der Waals surface area contributed by atoms with Crippen LogP contribution in [0.3, 0.4) is 0 Å². The molecule has 0 radical (unpaired) electrons. The van der Waals surface area contributed by atoms with Gasteiger partial charge in [-0.05, 0) is 100 Å². The van der Waals surface area contributed by atoms with Crippen LogP contribution in [0.1, 0.15) is 109 Å². The third kappa shape index (κ3) is 6.80. The molecule has 174 valence electrons. The Morgan fingerprint density at radius 1 is 0.839 bits per heavy atom. The van der Waals surface area contributed by atoms with Gasteiger partial charge in [0.2, 0.25) is 5.82 Å². The molecule has 2 saturated carbocycles. The summed E-state index contributed by atoms with van der Waals surface area (Å²) in [4.78, 5) is 0. The van der Waals surface area contributed by atoms with Crippen LogP contribution in [-0.2, 0) is 0 Å². The molecular formula is C28H42F2O. The molecule has 2 aliphatic rings. The number of ether oxygens (including phenoxy) is 1. The lowest BCUT2D eigenvalue weighted by atomic mass is 9.68. The van der Waals surface area contributed by atoms with Crippen LogP contribution in [0.2, 0.25) is 0 Å². The summed E-state index contributed by atoms with van der Waals surface area (Å²) in [5.41, 5.74) is 0.558. The molecule has 0 aromatic heterocycles. The van der Waals surface area contributed by atoms with E-state index in [-0.39, 0.29) is 11.7 Å². The molecule has 0 N–H and O–H groups in total. The van der Waals surface area contributed by atoms with E-state index in [2.05, 4.69) is 26.0 Å². The normalized spacial score (nSPS) is 27.0. The summed E-state index contributed by atoms with van der Waals surface area (Å²) in [5, 5.41) is 0. The van der Waals surface area contributed by atoms with Gasteiger partial charge in [0.1, 0.15) is 0 Å². The van der Waals surface area contributed by atoms with Crippen molar-refractivity contribution in [2.75, 3.05) is 6.61 Å². The second-order valence-corrected chi connectivity index (χ2v) is 9.86. The van der Waals surface area contributed by atoms with Crippen molar-refractivity contribution in [1.82, 2.24) is 0 Å². The molecule has 0 bridgehead atoms. The number of hydrogen-bond donors (Lipinski definition) is 0. The Kier molecular flexibility index (Phi) is 9.87. The van der Waals surface area contributed by atoms with E-state index in [0.717, 1.165) is 56.3 Å². The van der Waals surface area contributed by atoms with E-state index in [0.29, 0.717) is 12.2 Å². The standard InChI is InChI=1S/C28H42F2O/c1-3-5-6-7-8-20-31-26-19-18-25(27(29)28(26)30)24-16-14-23(15-17-24)22-12-10-21(9-4-2)11-13-22/h4,9,18-19,21-24H,3,5-8,10-17,20H2,1-2H3/b9-4+. The second kappa shape index (κ2) is 12.6. The zero-order valence-corrected chi connectivity index (χ0v) is 19.7. The minimum absolute atomic E-state index is 0.0725. The molecule has 0 saturated heterocycles. The van der Waals surface area contributed by atoms with Crippen molar-refractivity contribution in [3.8, 4) is 5.75 Å². The van der Waals surface area contributed by atoms with Gasteiger partial charge in [0.15, 0.2) is 11.6 Å². The second-order valence-electron chi connectivity index (χ2n) is 9.86. The molecule has 2 fully saturated rings. The van der Waals surface area contributed by atoms with Gasteiger partial charge in [-0.3, -0.25) is 0 Å². The van der Waals surface area contributed by atoms with Gasteiger partial charge in [-0.2, -0.15) is 4.39 Å². The van der Waals surface area contributed by atoms with Crippen molar-refractivity contribution in [3.63, 3.8) is 0 Å². The van der Waals surface area contributed by atoms with Crippen LogP contribution in [0, 0.1) is 29.4 Å². The quantitative estimate of drug-likeness (QED) is 0.265. The molecule has 3 heteroatoms. The molecule has 0 unspecified atom stereocenters. The highest BCUT2D eigenvalue weighted by molar-refractivity contribution is 5.33. The van der Waals surface area contributed by atoms with Crippen LogP contribution < -0.4 is 4.74 Å². The van der Waals surface area contributed by atoms with Gasteiger partial charge in [0.05, 0.1) is 6.61 Å². The zero-order valence-electron chi connectivity index (χ0n) is 19.7. The minimum Gasteiger partial charge on any atom is -0.490 e. The Morgan fingerprint density at radius 3 is 2.13 bits per heavy atom. The monoisotopic (exact) mass is 432 g/mol. The molecule has 2 aliphatic carbocycles. The van der Waals surface area contributed by atoms with Crippen molar-refractivity contribution in [2.24, 2.45) is 17.8 Å². The summed E-state index contributed by atoms with van der Waals surface area (Å²) in [5.74, 6) is 1.11. The molecule has 1 aromatic rings. The number of hydrogen-bond acceptors (Lipinski definition) is 1. The number of allylic oxidation sites excluding steroid dienone is 2. The topological polar surface area (TPSA) is 9.23 Å². The van der Waals surface area contributed by atoms with Crippen LogP contribution in [-0.4, -0.2) is 6.61 Å². The van der Waals surface area contributed by atoms with Gasteiger partial charge in [-0.1, -0.05) is 50.8 Å². The minimum atomic E-state index is -0.796. The molecule has 0 amide bonds. The van der Waals surface area contributed by atoms with Gasteiger partial charge < -0.3 is 4.74 Å². The molecule has 31 heavy (non-hydrogen) atoms. The lowest BCUT2D eigenvalue weighted by Crippen LogP contribution is -2.25. The number of halogens is 2. The fourth-order valence-electron chi connectivity index (χ4n) is 5.84. The first-order chi connectivity index (χ1) is 15.1. The van der Waals surface area contributed by atoms with Crippen molar-refractivity contribution in [3.05, 3.63) is 41.5 Å². The Labute approximate surface area is 188 Å². The molecule has 0 heterocycles. The fraction of sp³-hybridized carbons (Fsp3) is 0.714. The Bertz CT molecular complexity index is 682. The summed E-state index contributed by atoms with van der Waals surface area (Å²) >= 11 is 0. The van der Waals surface area contributed by atoms with E-state index in [1.54, 1.807) is 12.1 Å². The smallest absolute Gasteiger partial charge is 0.200 e. The highest BCUT2D eigenvalue weighted by atomic mass is 19.2. The first kappa shape index (κ1) is 24.3. The first-order valence-electron chi connectivity index (χ1n) is 12.9. The molecule has 3 rings (SSSR count). The zero-order chi connectivity index (χ0) is 22.1. The van der Waals surface area contributed by atoms with Crippen molar-refractivity contribution >= 4 is 0 Å². The van der Waals surface area contributed by atoms with E-state index in [1.807, 2.05) is 0 Å². The number of rotatable bonds is 10. The summed E-state index contributed by atoms with van der Waals surface area (Å²) < 4.78 is 35.0. The van der Waals surface area contributed by atoms with Gasteiger partial charge in [-0.25, -0.2) is 4.39 Å². The predicted molar refractivity (Wildman–Crippen MR) is 126 cm³/mol. The highest BCUT2D eigenvalue weighted by Gasteiger charge is 2.32. The SMILES string of the molecule is C/C=C/C1CCC(C2CCC(c3ccc(OCCCCCCC)c(F)c3F)CC2)CC1. The number of benzene rings is 1. The average Bonchev–Trinajstić information content (AvgIpc) is 2.80. The molecular weight excluding hydrogens is 390 g/mol. The maximum Gasteiger partial charge on any atom is 0.200 e. The first-order valence-corrected chi connectivity index (χ1v) is 12.9. The average molecular weight is 433 g/mol. The van der Waals surface area contributed by atoms with E-state index >= 15 is 0 Å². The van der Waals surface area contributed by atoms with E-state index < -0.39 is 11.6 Å². The van der Waals surface area contributed by atoms with Gasteiger partial charge in [0.25, 0.3) is 0 Å². The maximum absolute atomic E-state index is 14.8. The molecule has 0 aliphatic heterocycles. The van der Waals surface area contributed by atoms with Crippen LogP contribution in [0.5, 0.6) is 5.75 Å². The molecule has 1 aromatic carbocycles. The maximum atomic E-state index is 14.8. The van der Waals surface area contributed by atoms with E-state index in [9.17, 15) is 8.78 Å². The Hall–Kier alpha value is -1.38. The van der Waals surface area contributed by atoms with Gasteiger partial charge >= 0.3 is 0 Å². The Balaban J connectivity index is 1.47. The summed E-state index contributed by atoms with van der Waals surface area (Å²) in [6, 6.07) is 3.42. The van der Waals surface area contributed by atoms with Gasteiger partial charge in [0, 0.05) is 0 Å². The van der Waals surface area contributed by atoms with Crippen molar-refractivity contribution in [2.45, 2.75) is 103 Å². The summed E-state index contributed by atoms with van der Waals surface area (Å²) in [6.45, 7) is 4.75. The molecule has 1 nitrogen and oxygen atoms in total.